The predicted molar refractivity (Wildman–Crippen MR) is 97.3 cm³/mol. The Labute approximate surface area is 153 Å². The highest BCUT2D eigenvalue weighted by molar-refractivity contribution is 7.07. The van der Waals surface area contributed by atoms with Crippen LogP contribution in [0.15, 0.2) is 54.1 Å². The number of thiazole rings is 1. The Balaban J connectivity index is 1.67. The fourth-order valence-electron chi connectivity index (χ4n) is 3.38. The highest BCUT2D eigenvalue weighted by atomic mass is 32.1. The van der Waals surface area contributed by atoms with Gasteiger partial charge in [0.15, 0.2) is 0 Å². The van der Waals surface area contributed by atoms with Crippen molar-refractivity contribution in [3.05, 3.63) is 76.8 Å². The number of hydrogen-bond acceptors (Lipinski definition) is 7. The normalized spacial score (nSPS) is 14.9. The van der Waals surface area contributed by atoms with Crippen molar-refractivity contribution < 1.29 is 0 Å². The minimum atomic E-state index is -0.495. The molecule has 5 rings (SSSR count). The third-order valence-corrected chi connectivity index (χ3v) is 5.21. The van der Waals surface area contributed by atoms with Gasteiger partial charge in [-0.1, -0.05) is 12.2 Å². The van der Waals surface area contributed by atoms with Gasteiger partial charge in [-0.25, -0.2) is 24.9 Å². The van der Waals surface area contributed by atoms with Crippen molar-refractivity contribution >= 4 is 17.4 Å². The Hall–Kier alpha value is -3.26. The Kier molecular flexibility index (Phi) is 3.42. The number of aromatic nitrogens is 7. The maximum atomic E-state index is 4.51. The molecule has 0 amide bonds. The molecule has 0 saturated heterocycles. The molecule has 0 spiro atoms. The maximum absolute atomic E-state index is 4.51. The summed E-state index contributed by atoms with van der Waals surface area (Å²) in [6, 6.07) is 3.85. The Morgan fingerprint density at radius 2 is 1.77 bits per heavy atom. The van der Waals surface area contributed by atoms with Gasteiger partial charge in [0, 0.05) is 35.5 Å². The molecule has 26 heavy (non-hydrogen) atoms. The topological polar surface area (TPSA) is 93.1 Å². The van der Waals surface area contributed by atoms with Crippen LogP contribution in [0, 0.1) is 0 Å². The summed E-state index contributed by atoms with van der Waals surface area (Å²) in [5.41, 5.74) is 6.95. The molecule has 0 saturated carbocycles. The van der Waals surface area contributed by atoms with Gasteiger partial charge in [0.25, 0.3) is 0 Å². The van der Waals surface area contributed by atoms with Gasteiger partial charge in [-0.15, -0.1) is 11.3 Å². The van der Waals surface area contributed by atoms with E-state index in [1.807, 2.05) is 23.0 Å². The summed E-state index contributed by atoms with van der Waals surface area (Å²) in [6.45, 7) is 0. The maximum Gasteiger partial charge on any atom is 0.119 e. The van der Waals surface area contributed by atoms with Crippen LogP contribution in [0.5, 0.6) is 0 Å². The monoisotopic (exact) mass is 359 g/mol. The summed E-state index contributed by atoms with van der Waals surface area (Å²) in [4.78, 5) is 21.5. The minimum Gasteiger partial charge on any atom is -0.281 e. The number of hydrogen-bond donors (Lipinski definition) is 1. The van der Waals surface area contributed by atoms with Gasteiger partial charge < -0.3 is 0 Å². The third kappa shape index (κ3) is 2.26. The average molecular weight is 359 g/mol. The van der Waals surface area contributed by atoms with Crippen LogP contribution >= 0.6 is 11.3 Å². The lowest BCUT2D eigenvalue weighted by molar-refractivity contribution is 0.578. The fraction of sp³-hybridized carbons (Fsp3) is 0.111. The van der Waals surface area contributed by atoms with Crippen LogP contribution < -0.4 is 0 Å². The number of nitrogens with one attached hydrogen (secondary N) is 1. The molecule has 1 aliphatic rings. The standard InChI is InChI=1S/C18H13N7S/c1-4-18(15-2-5-19-9-21-15,16-3-6-20-10-22-16)7-13-12(1)17(25-24-13)14-8-26-11-23-14/h1-6,8-11H,7H2,(H,24,25). The van der Waals surface area contributed by atoms with Gasteiger partial charge in [-0.3, -0.25) is 5.10 Å². The van der Waals surface area contributed by atoms with Crippen LogP contribution in [0.1, 0.15) is 22.6 Å². The van der Waals surface area contributed by atoms with Crippen molar-refractivity contribution in [1.29, 1.82) is 0 Å². The summed E-state index contributed by atoms with van der Waals surface area (Å²) in [5.74, 6) is 0. The van der Waals surface area contributed by atoms with E-state index < -0.39 is 5.41 Å². The van der Waals surface area contributed by atoms with Gasteiger partial charge >= 0.3 is 0 Å². The molecule has 4 aromatic heterocycles. The van der Waals surface area contributed by atoms with Crippen molar-refractivity contribution in [3.63, 3.8) is 0 Å². The number of nitrogens with zero attached hydrogens (tertiary/aromatic N) is 6. The van der Waals surface area contributed by atoms with Crippen molar-refractivity contribution in [2.75, 3.05) is 0 Å². The lowest BCUT2D eigenvalue weighted by Gasteiger charge is -2.31. The second-order valence-electron chi connectivity index (χ2n) is 6.01. The number of H-pyrrole nitrogens is 1. The Bertz CT molecular complexity index is 1020. The van der Waals surface area contributed by atoms with E-state index in [0.717, 1.165) is 34.0 Å². The summed E-state index contributed by atoms with van der Waals surface area (Å²) < 4.78 is 0. The van der Waals surface area contributed by atoms with E-state index in [-0.39, 0.29) is 0 Å². The van der Waals surface area contributed by atoms with E-state index in [2.05, 4.69) is 47.3 Å². The second-order valence-corrected chi connectivity index (χ2v) is 6.73. The van der Waals surface area contributed by atoms with Gasteiger partial charge in [-0.2, -0.15) is 5.10 Å². The van der Waals surface area contributed by atoms with Gasteiger partial charge in [-0.05, 0) is 12.1 Å². The number of fused-ring (bicyclic) bond motifs is 1. The van der Waals surface area contributed by atoms with Gasteiger partial charge in [0.2, 0.25) is 0 Å². The first kappa shape index (κ1) is 15.0. The highest BCUT2D eigenvalue weighted by Gasteiger charge is 2.39. The summed E-state index contributed by atoms with van der Waals surface area (Å²) in [5, 5.41) is 9.68. The minimum absolute atomic E-state index is 0.495. The fourth-order valence-corrected chi connectivity index (χ4v) is 3.92. The molecular formula is C18H13N7S. The molecule has 0 atom stereocenters. The molecule has 4 aromatic rings. The van der Waals surface area contributed by atoms with E-state index in [1.54, 1.807) is 36.4 Å². The summed E-state index contributed by atoms with van der Waals surface area (Å²) in [7, 11) is 0. The highest BCUT2D eigenvalue weighted by Crippen LogP contribution is 2.41. The summed E-state index contributed by atoms with van der Waals surface area (Å²) >= 11 is 1.56. The van der Waals surface area contributed by atoms with Gasteiger partial charge in [0.1, 0.15) is 24.0 Å². The van der Waals surface area contributed by atoms with E-state index in [1.165, 1.54) is 0 Å². The SMILES string of the molecule is C1=CC(c2ccncn2)(c2ccncn2)Cc2[nH]nc(-c3cscn3)c21. The molecule has 1 N–H and O–H groups in total. The smallest absolute Gasteiger partial charge is 0.119 e. The quantitative estimate of drug-likeness (QED) is 0.604. The molecule has 126 valence electrons. The molecule has 8 heteroatoms. The van der Waals surface area contributed by atoms with Crippen LogP contribution in [0.3, 0.4) is 0 Å². The molecule has 1 aliphatic carbocycles. The van der Waals surface area contributed by atoms with Crippen LogP contribution in [0.2, 0.25) is 0 Å². The van der Waals surface area contributed by atoms with Crippen molar-refractivity contribution in [3.8, 4) is 11.4 Å². The zero-order valence-corrected chi connectivity index (χ0v) is 14.4. The zero-order chi connectivity index (χ0) is 17.4. The molecule has 0 aromatic carbocycles. The van der Waals surface area contributed by atoms with E-state index >= 15 is 0 Å². The first-order valence-corrected chi connectivity index (χ1v) is 8.99. The van der Waals surface area contributed by atoms with Crippen LogP contribution in [-0.4, -0.2) is 35.1 Å². The largest absolute Gasteiger partial charge is 0.281 e. The third-order valence-electron chi connectivity index (χ3n) is 4.63. The lowest BCUT2D eigenvalue weighted by Crippen LogP contribution is -2.32. The van der Waals surface area contributed by atoms with Gasteiger partial charge in [0.05, 0.1) is 22.3 Å². The first-order chi connectivity index (χ1) is 12.9. The van der Waals surface area contributed by atoms with Crippen LogP contribution in [0.25, 0.3) is 17.5 Å². The average Bonchev–Trinajstić information content (AvgIpc) is 3.38. The molecule has 0 fully saturated rings. The molecule has 0 aliphatic heterocycles. The predicted octanol–water partition coefficient (Wildman–Crippen LogP) is 2.67. The first-order valence-electron chi connectivity index (χ1n) is 8.05. The zero-order valence-electron chi connectivity index (χ0n) is 13.6. The van der Waals surface area contributed by atoms with Crippen molar-refractivity contribution in [2.24, 2.45) is 0 Å². The number of allylic oxidation sites excluding steroid dienone is 1. The molecule has 0 unspecified atom stereocenters. The van der Waals surface area contributed by atoms with Crippen LogP contribution in [0.4, 0.5) is 0 Å². The number of rotatable bonds is 3. The van der Waals surface area contributed by atoms with Crippen molar-refractivity contribution in [1.82, 2.24) is 35.1 Å². The van der Waals surface area contributed by atoms with E-state index in [4.69, 9.17) is 0 Å². The Morgan fingerprint density at radius 1 is 1.00 bits per heavy atom. The van der Waals surface area contributed by atoms with Crippen LogP contribution in [-0.2, 0) is 11.8 Å². The molecule has 4 heterocycles. The summed E-state index contributed by atoms with van der Waals surface area (Å²) in [6.07, 6.45) is 11.5. The molecule has 0 bridgehead atoms. The lowest BCUT2D eigenvalue weighted by atomic mass is 9.73. The molecule has 7 nitrogen and oxygen atoms in total. The number of aromatic amines is 1. The second kappa shape index (κ2) is 5.92. The van der Waals surface area contributed by atoms with E-state index in [0.29, 0.717) is 6.42 Å². The Morgan fingerprint density at radius 3 is 2.38 bits per heavy atom. The van der Waals surface area contributed by atoms with E-state index in [9.17, 15) is 0 Å². The van der Waals surface area contributed by atoms with Crippen molar-refractivity contribution in [2.45, 2.75) is 11.8 Å². The molecular weight excluding hydrogens is 346 g/mol. The molecule has 0 radical (unpaired) electrons.